The molecule has 0 saturated heterocycles. The van der Waals surface area contributed by atoms with Gasteiger partial charge in [-0.2, -0.15) is 5.10 Å². The number of halogens is 2. The Morgan fingerprint density at radius 3 is 2.44 bits per heavy atom. The molecule has 0 aliphatic rings. The van der Waals surface area contributed by atoms with E-state index in [1.807, 2.05) is 33.9 Å². The van der Waals surface area contributed by atoms with E-state index in [-0.39, 0.29) is 16.3 Å². The fraction of sp³-hybridized carbons (Fsp3) is 0.357. The Hall–Kier alpha value is -1.35. The summed E-state index contributed by atoms with van der Waals surface area (Å²) in [5, 5.41) is 4.35. The molecule has 2 aromatic rings. The SMILES string of the molecule is Cc1cnn(-c2cc(Cl)c(F)c(C(C)(C)C)c2)c1. The molecular formula is C14H16ClFN2. The van der Waals surface area contributed by atoms with Crippen molar-refractivity contribution in [1.82, 2.24) is 9.78 Å². The van der Waals surface area contributed by atoms with Crippen molar-refractivity contribution in [3.05, 3.63) is 46.5 Å². The highest BCUT2D eigenvalue weighted by Crippen LogP contribution is 2.31. The normalized spacial score (nSPS) is 11.9. The van der Waals surface area contributed by atoms with Crippen LogP contribution in [0.1, 0.15) is 31.9 Å². The van der Waals surface area contributed by atoms with Gasteiger partial charge < -0.3 is 0 Å². The molecule has 0 unspecified atom stereocenters. The van der Waals surface area contributed by atoms with Crippen molar-refractivity contribution in [2.45, 2.75) is 33.1 Å². The van der Waals surface area contributed by atoms with Crippen LogP contribution in [-0.2, 0) is 5.41 Å². The predicted octanol–water partition coefficient (Wildman–Crippen LogP) is 4.27. The molecule has 0 saturated carbocycles. The minimum Gasteiger partial charge on any atom is -0.241 e. The second kappa shape index (κ2) is 4.39. The van der Waals surface area contributed by atoms with Gasteiger partial charge in [0.25, 0.3) is 0 Å². The van der Waals surface area contributed by atoms with Crippen LogP contribution in [0.5, 0.6) is 0 Å². The maximum atomic E-state index is 14.0. The number of hydrogen-bond donors (Lipinski definition) is 0. The maximum Gasteiger partial charge on any atom is 0.145 e. The number of nitrogens with zero attached hydrogens (tertiary/aromatic N) is 2. The second-order valence-corrected chi connectivity index (χ2v) is 5.91. The van der Waals surface area contributed by atoms with E-state index in [9.17, 15) is 4.39 Å². The molecule has 0 N–H and O–H groups in total. The van der Waals surface area contributed by atoms with Crippen molar-refractivity contribution in [3.63, 3.8) is 0 Å². The van der Waals surface area contributed by atoms with Gasteiger partial charge in [0, 0.05) is 6.20 Å². The lowest BCUT2D eigenvalue weighted by molar-refractivity contribution is 0.522. The summed E-state index contributed by atoms with van der Waals surface area (Å²) < 4.78 is 15.7. The van der Waals surface area contributed by atoms with E-state index in [1.165, 1.54) is 0 Å². The van der Waals surface area contributed by atoms with E-state index in [0.717, 1.165) is 11.3 Å². The predicted molar refractivity (Wildman–Crippen MR) is 72.0 cm³/mol. The third kappa shape index (κ3) is 2.41. The Labute approximate surface area is 111 Å². The molecule has 2 rings (SSSR count). The highest BCUT2D eigenvalue weighted by Gasteiger charge is 2.21. The third-order valence-corrected chi connectivity index (χ3v) is 3.07. The molecular weight excluding hydrogens is 251 g/mol. The standard InChI is InChI=1S/C14H16ClFN2/c1-9-7-17-18(8-9)10-5-11(14(2,3)4)13(16)12(15)6-10/h5-8H,1-4H3. The summed E-state index contributed by atoms with van der Waals surface area (Å²) in [6, 6.07) is 3.40. The van der Waals surface area contributed by atoms with Gasteiger partial charge >= 0.3 is 0 Å². The summed E-state index contributed by atoms with van der Waals surface area (Å²) in [4.78, 5) is 0. The fourth-order valence-corrected chi connectivity index (χ4v) is 2.02. The number of rotatable bonds is 1. The van der Waals surface area contributed by atoms with E-state index in [1.54, 1.807) is 23.0 Å². The van der Waals surface area contributed by atoms with E-state index in [4.69, 9.17) is 11.6 Å². The third-order valence-electron chi connectivity index (χ3n) is 2.80. The van der Waals surface area contributed by atoms with Crippen LogP contribution in [0.25, 0.3) is 5.69 Å². The molecule has 0 amide bonds. The van der Waals surface area contributed by atoms with Gasteiger partial charge in [-0.15, -0.1) is 0 Å². The lowest BCUT2D eigenvalue weighted by Gasteiger charge is -2.21. The number of benzene rings is 1. The number of aromatic nitrogens is 2. The van der Waals surface area contributed by atoms with Crippen LogP contribution >= 0.6 is 11.6 Å². The molecule has 4 heteroatoms. The zero-order valence-electron chi connectivity index (χ0n) is 11.0. The van der Waals surface area contributed by atoms with Gasteiger partial charge in [0.2, 0.25) is 0 Å². The first-order chi connectivity index (χ1) is 8.29. The van der Waals surface area contributed by atoms with Crippen LogP contribution in [0.4, 0.5) is 4.39 Å². The molecule has 0 bridgehead atoms. The maximum absolute atomic E-state index is 14.0. The van der Waals surface area contributed by atoms with Crippen LogP contribution in [0.3, 0.4) is 0 Å². The first-order valence-electron chi connectivity index (χ1n) is 5.80. The molecule has 18 heavy (non-hydrogen) atoms. The molecule has 1 aromatic carbocycles. The lowest BCUT2D eigenvalue weighted by atomic mass is 9.86. The second-order valence-electron chi connectivity index (χ2n) is 5.50. The van der Waals surface area contributed by atoms with E-state index in [2.05, 4.69) is 5.10 Å². The largest absolute Gasteiger partial charge is 0.241 e. The van der Waals surface area contributed by atoms with Gasteiger partial charge in [0.05, 0.1) is 16.9 Å². The van der Waals surface area contributed by atoms with Crippen molar-refractivity contribution in [2.24, 2.45) is 0 Å². The zero-order chi connectivity index (χ0) is 13.5. The van der Waals surface area contributed by atoms with E-state index in [0.29, 0.717) is 5.56 Å². The van der Waals surface area contributed by atoms with Crippen LogP contribution in [0.2, 0.25) is 5.02 Å². The Balaban J connectivity index is 2.61. The van der Waals surface area contributed by atoms with E-state index >= 15 is 0 Å². The smallest absolute Gasteiger partial charge is 0.145 e. The molecule has 1 heterocycles. The quantitative estimate of drug-likeness (QED) is 0.754. The van der Waals surface area contributed by atoms with Gasteiger partial charge in [-0.25, -0.2) is 9.07 Å². The molecule has 0 spiro atoms. The molecule has 0 aliphatic carbocycles. The van der Waals surface area contributed by atoms with Crippen molar-refractivity contribution >= 4 is 11.6 Å². The van der Waals surface area contributed by atoms with Crippen LogP contribution in [0.15, 0.2) is 24.5 Å². The lowest BCUT2D eigenvalue weighted by Crippen LogP contribution is -2.15. The van der Waals surface area contributed by atoms with Gasteiger partial charge in [-0.3, -0.25) is 0 Å². The van der Waals surface area contributed by atoms with Gasteiger partial charge in [-0.1, -0.05) is 32.4 Å². The topological polar surface area (TPSA) is 17.8 Å². The first-order valence-corrected chi connectivity index (χ1v) is 6.18. The Morgan fingerprint density at radius 2 is 1.94 bits per heavy atom. The highest BCUT2D eigenvalue weighted by atomic mass is 35.5. The summed E-state index contributed by atoms with van der Waals surface area (Å²) in [6.07, 6.45) is 3.64. The van der Waals surface area contributed by atoms with Crippen LogP contribution in [0, 0.1) is 12.7 Å². The average molecular weight is 267 g/mol. The summed E-state index contributed by atoms with van der Waals surface area (Å²) in [6.45, 7) is 7.83. The molecule has 2 nitrogen and oxygen atoms in total. The average Bonchev–Trinajstić information content (AvgIpc) is 2.67. The van der Waals surface area contributed by atoms with Crippen molar-refractivity contribution in [2.75, 3.05) is 0 Å². The molecule has 0 fully saturated rings. The van der Waals surface area contributed by atoms with Crippen molar-refractivity contribution in [3.8, 4) is 5.69 Å². The summed E-state index contributed by atoms with van der Waals surface area (Å²) in [5.74, 6) is -0.350. The molecule has 0 radical (unpaired) electrons. The Kier molecular flexibility index (Phi) is 3.20. The number of hydrogen-bond acceptors (Lipinski definition) is 1. The highest BCUT2D eigenvalue weighted by molar-refractivity contribution is 6.31. The molecule has 0 aliphatic heterocycles. The fourth-order valence-electron chi connectivity index (χ4n) is 1.81. The molecule has 1 aromatic heterocycles. The van der Waals surface area contributed by atoms with Crippen molar-refractivity contribution < 1.29 is 4.39 Å². The first kappa shape index (κ1) is 13.1. The summed E-state index contributed by atoms with van der Waals surface area (Å²) in [7, 11) is 0. The Bertz CT molecular complexity index is 582. The minimum absolute atomic E-state index is 0.130. The van der Waals surface area contributed by atoms with Gasteiger partial charge in [0.1, 0.15) is 5.82 Å². The van der Waals surface area contributed by atoms with Crippen LogP contribution in [-0.4, -0.2) is 9.78 Å². The molecule has 96 valence electrons. The van der Waals surface area contributed by atoms with Gasteiger partial charge in [-0.05, 0) is 35.6 Å². The van der Waals surface area contributed by atoms with Gasteiger partial charge in [0.15, 0.2) is 0 Å². The summed E-state index contributed by atoms with van der Waals surface area (Å²) >= 11 is 5.97. The van der Waals surface area contributed by atoms with E-state index < -0.39 is 0 Å². The number of aryl methyl sites for hydroxylation is 1. The zero-order valence-corrected chi connectivity index (χ0v) is 11.7. The van der Waals surface area contributed by atoms with Crippen LogP contribution < -0.4 is 0 Å². The van der Waals surface area contributed by atoms with Crippen molar-refractivity contribution in [1.29, 1.82) is 0 Å². The minimum atomic E-state index is -0.350. The molecule has 0 atom stereocenters. The Morgan fingerprint density at radius 1 is 1.28 bits per heavy atom. The summed E-state index contributed by atoms with van der Waals surface area (Å²) in [5.41, 5.74) is 2.12. The monoisotopic (exact) mass is 266 g/mol.